The second kappa shape index (κ2) is 10.5. The van der Waals surface area contributed by atoms with Crippen LogP contribution in [0.5, 0.6) is 0 Å². The molecule has 2 aromatic rings. The number of carboxylic acid groups (broad SMARTS) is 1. The van der Waals surface area contributed by atoms with Crippen molar-refractivity contribution < 1.29 is 24.3 Å². The first-order valence-corrected chi connectivity index (χ1v) is 9.59. The second-order valence-electron chi connectivity index (χ2n) is 6.44. The fraction of sp³-hybridized carbons (Fsp3) is 0.200. The van der Waals surface area contributed by atoms with Gasteiger partial charge in [0.15, 0.2) is 11.8 Å². The summed E-state index contributed by atoms with van der Waals surface area (Å²) in [7, 11) is 1.47. The van der Waals surface area contributed by atoms with E-state index >= 15 is 0 Å². The van der Waals surface area contributed by atoms with Crippen molar-refractivity contribution >= 4 is 64.6 Å². The van der Waals surface area contributed by atoms with Crippen LogP contribution in [0.2, 0.25) is 0 Å². The first-order chi connectivity index (χ1) is 13.8. The normalized spacial score (nSPS) is 16.6. The van der Waals surface area contributed by atoms with Crippen LogP contribution in [0.15, 0.2) is 54.7 Å². The zero-order valence-electron chi connectivity index (χ0n) is 15.5. The third kappa shape index (κ3) is 5.79. The Labute approximate surface area is 199 Å². The molecule has 0 spiro atoms. The Morgan fingerprint density at radius 1 is 1.17 bits per heavy atom. The Bertz CT molecular complexity index is 976. The number of carbonyl (C=O) groups excluding carboxylic acids is 3. The van der Waals surface area contributed by atoms with Gasteiger partial charge in [-0.1, -0.05) is 30.3 Å². The maximum absolute atomic E-state index is 12.4. The van der Waals surface area contributed by atoms with Crippen LogP contribution < -0.4 is 10.6 Å². The van der Waals surface area contributed by atoms with Gasteiger partial charge in [0.1, 0.15) is 0 Å². The van der Waals surface area contributed by atoms with Crippen molar-refractivity contribution in [3.8, 4) is 10.4 Å². The third-order valence-corrected chi connectivity index (χ3v) is 5.58. The Kier molecular flexibility index (Phi) is 8.36. The SMILES string of the molecule is CN1C=CC(=O)C(NC(=O)NC(CC(=O)O)c2ccc(-c3ccccc3)s2)C1=O.[NaH]. The Hall–Kier alpha value is -2.46. The van der Waals surface area contributed by atoms with E-state index < -0.39 is 35.8 Å². The van der Waals surface area contributed by atoms with Crippen molar-refractivity contribution in [2.24, 2.45) is 0 Å². The second-order valence-corrected chi connectivity index (χ2v) is 7.55. The standard InChI is InChI=1S/C20H19N3O5S.Na.H/c1-23-10-9-14(24)18(19(23)27)22-20(28)21-13(11-17(25)26)16-8-7-15(29-16)12-5-3-2-4-6-12;;/h2-10,13,18H,11H2,1H3,(H,25,26)(H2,21,22,28);;. The number of carbonyl (C=O) groups is 4. The average molecular weight is 437 g/mol. The molecule has 1 aromatic heterocycles. The van der Waals surface area contributed by atoms with Crippen LogP contribution in [0.4, 0.5) is 4.79 Å². The van der Waals surface area contributed by atoms with Crippen molar-refractivity contribution in [1.82, 2.24) is 15.5 Å². The van der Waals surface area contributed by atoms with Crippen LogP contribution in [0.3, 0.4) is 0 Å². The van der Waals surface area contributed by atoms with Crippen LogP contribution in [-0.4, -0.2) is 76.3 Å². The summed E-state index contributed by atoms with van der Waals surface area (Å²) in [4.78, 5) is 50.5. The molecule has 0 bridgehead atoms. The van der Waals surface area contributed by atoms with Crippen LogP contribution in [0.25, 0.3) is 10.4 Å². The first kappa shape index (κ1) is 23.8. The number of amides is 3. The van der Waals surface area contributed by atoms with Crippen molar-refractivity contribution in [1.29, 1.82) is 0 Å². The topological polar surface area (TPSA) is 116 Å². The van der Waals surface area contributed by atoms with E-state index in [1.54, 1.807) is 6.07 Å². The van der Waals surface area contributed by atoms with Gasteiger partial charge in [0.05, 0.1) is 12.5 Å². The number of nitrogens with one attached hydrogen (secondary N) is 2. The molecule has 1 aliphatic rings. The molecule has 3 N–H and O–H groups in total. The van der Waals surface area contributed by atoms with Gasteiger partial charge in [-0.05, 0) is 17.7 Å². The van der Waals surface area contributed by atoms with E-state index in [0.717, 1.165) is 10.4 Å². The molecule has 152 valence electrons. The summed E-state index contributed by atoms with van der Waals surface area (Å²) in [5, 5.41) is 14.1. The summed E-state index contributed by atoms with van der Waals surface area (Å²) in [6, 6.07) is 10.3. The van der Waals surface area contributed by atoms with Crippen LogP contribution >= 0.6 is 11.3 Å². The number of urea groups is 1. The number of benzene rings is 1. The molecule has 0 saturated heterocycles. The number of thiophene rings is 1. The molecule has 8 nitrogen and oxygen atoms in total. The van der Waals surface area contributed by atoms with E-state index in [1.807, 2.05) is 36.4 Å². The molecule has 0 fully saturated rings. The fourth-order valence-electron chi connectivity index (χ4n) is 2.84. The molecule has 1 aromatic carbocycles. The zero-order valence-corrected chi connectivity index (χ0v) is 16.3. The van der Waals surface area contributed by atoms with E-state index in [0.29, 0.717) is 4.88 Å². The van der Waals surface area contributed by atoms with Crippen LogP contribution in [-0.2, 0) is 14.4 Å². The van der Waals surface area contributed by atoms with Crippen LogP contribution in [0, 0.1) is 0 Å². The van der Waals surface area contributed by atoms with Gasteiger partial charge in [0.25, 0.3) is 5.91 Å². The molecule has 1 aliphatic heterocycles. The summed E-state index contributed by atoms with van der Waals surface area (Å²) in [5.41, 5.74) is 0.982. The minimum atomic E-state index is -1.33. The van der Waals surface area contributed by atoms with Crippen molar-refractivity contribution in [3.05, 3.63) is 59.6 Å². The number of nitrogens with zero attached hydrogens (tertiary/aromatic N) is 1. The monoisotopic (exact) mass is 437 g/mol. The molecule has 2 heterocycles. The quantitative estimate of drug-likeness (QED) is 0.468. The van der Waals surface area contributed by atoms with Gasteiger partial charge < -0.3 is 20.6 Å². The molecule has 30 heavy (non-hydrogen) atoms. The van der Waals surface area contributed by atoms with Gasteiger partial charge in [0, 0.05) is 29.1 Å². The van der Waals surface area contributed by atoms with Gasteiger partial charge in [-0.3, -0.25) is 14.4 Å². The van der Waals surface area contributed by atoms with Gasteiger partial charge >= 0.3 is 41.6 Å². The molecular formula is C20H20N3NaO5S. The van der Waals surface area contributed by atoms with E-state index in [2.05, 4.69) is 10.6 Å². The van der Waals surface area contributed by atoms with Gasteiger partial charge in [-0.2, -0.15) is 0 Å². The predicted octanol–water partition coefficient (Wildman–Crippen LogP) is 1.51. The molecule has 10 heteroatoms. The summed E-state index contributed by atoms with van der Waals surface area (Å²) in [5.74, 6) is -2.19. The molecule has 3 rings (SSSR count). The van der Waals surface area contributed by atoms with E-state index in [9.17, 15) is 24.3 Å². The van der Waals surface area contributed by atoms with Gasteiger partial charge in [-0.25, -0.2) is 4.79 Å². The maximum atomic E-state index is 12.4. The predicted molar refractivity (Wildman–Crippen MR) is 114 cm³/mol. The fourth-order valence-corrected chi connectivity index (χ4v) is 3.90. The molecule has 0 aliphatic carbocycles. The molecule has 2 atom stereocenters. The van der Waals surface area contributed by atoms with Crippen molar-refractivity contribution in [2.45, 2.75) is 18.5 Å². The zero-order chi connectivity index (χ0) is 21.0. The number of hydrogen-bond donors (Lipinski definition) is 3. The Morgan fingerprint density at radius 3 is 2.53 bits per heavy atom. The summed E-state index contributed by atoms with van der Waals surface area (Å²) in [6.45, 7) is 0. The third-order valence-electron chi connectivity index (χ3n) is 4.33. The molecule has 3 amide bonds. The molecule has 0 radical (unpaired) electrons. The van der Waals surface area contributed by atoms with E-state index in [-0.39, 0.29) is 36.0 Å². The van der Waals surface area contributed by atoms with Gasteiger partial charge in [-0.15, -0.1) is 11.3 Å². The number of ketones is 1. The number of hydrogen-bond acceptors (Lipinski definition) is 5. The van der Waals surface area contributed by atoms with E-state index in [4.69, 9.17) is 0 Å². The minimum absolute atomic E-state index is 0. The molecule has 2 unspecified atom stereocenters. The van der Waals surface area contributed by atoms with Gasteiger partial charge in [0.2, 0.25) is 0 Å². The summed E-state index contributed by atoms with van der Waals surface area (Å²) in [6.07, 6.45) is 2.19. The van der Waals surface area contributed by atoms with Crippen molar-refractivity contribution in [2.75, 3.05) is 7.05 Å². The number of likely N-dealkylation sites (N-methyl/N-ethyl adjacent to an activating group) is 1. The molecular weight excluding hydrogens is 417 g/mol. The number of aliphatic carboxylic acids is 1. The van der Waals surface area contributed by atoms with E-state index in [1.165, 1.54) is 35.6 Å². The molecule has 0 saturated carbocycles. The Morgan fingerprint density at radius 2 is 1.87 bits per heavy atom. The summed E-state index contributed by atoms with van der Waals surface area (Å²) < 4.78 is 0. The first-order valence-electron chi connectivity index (χ1n) is 8.78. The Balaban J connectivity index is 0.00000320. The van der Waals surface area contributed by atoms with Crippen molar-refractivity contribution in [3.63, 3.8) is 0 Å². The summed E-state index contributed by atoms with van der Waals surface area (Å²) >= 11 is 1.37. The number of rotatable bonds is 6. The van der Waals surface area contributed by atoms with Crippen LogP contribution in [0.1, 0.15) is 17.3 Å². The number of carboxylic acids is 1. The average Bonchev–Trinajstić information content (AvgIpc) is 3.18.